The molecule has 0 bridgehead atoms. The van der Waals surface area contributed by atoms with E-state index in [-0.39, 0.29) is 5.54 Å². The van der Waals surface area contributed by atoms with Crippen LogP contribution in [-0.4, -0.2) is 24.4 Å². The van der Waals surface area contributed by atoms with Crippen molar-refractivity contribution in [2.24, 2.45) is 10.9 Å². The highest BCUT2D eigenvalue weighted by molar-refractivity contribution is 6.99. The molecule has 0 aliphatic carbocycles. The van der Waals surface area contributed by atoms with Crippen molar-refractivity contribution in [1.82, 2.24) is 9.97 Å². The molecule has 3 aliphatic rings. The molecule has 5 aromatic rings. The molecule has 0 N–H and O–H groups in total. The lowest BCUT2D eigenvalue weighted by Gasteiger charge is -2.48. The van der Waals surface area contributed by atoms with Gasteiger partial charge in [-0.15, -0.1) is 0 Å². The van der Waals surface area contributed by atoms with E-state index < -0.39 is 8.56 Å². The number of aliphatic imine (C=N–C) groups is 1. The summed E-state index contributed by atoms with van der Waals surface area (Å²) >= 11 is 0. The summed E-state index contributed by atoms with van der Waals surface area (Å²) in [5.41, 5.74) is 8.15. The second-order valence-corrected chi connectivity index (χ2v) is 15.6. The highest BCUT2D eigenvalue weighted by Gasteiger charge is 2.70. The fourth-order valence-electron chi connectivity index (χ4n) is 7.45. The highest BCUT2D eigenvalue weighted by Crippen LogP contribution is 2.58. The van der Waals surface area contributed by atoms with Gasteiger partial charge < -0.3 is 13.7 Å². The van der Waals surface area contributed by atoms with Crippen molar-refractivity contribution < 1.29 is 0 Å². The van der Waals surface area contributed by atoms with Gasteiger partial charge in [0.15, 0.2) is 5.84 Å². The lowest BCUT2D eigenvalue weighted by Crippen LogP contribution is -2.71. The number of nitrogens with zero attached hydrogens (tertiary/aromatic N) is 6. The summed E-state index contributed by atoms with van der Waals surface area (Å²) in [6.45, 7) is 2.31. The molecule has 226 valence electrons. The van der Waals surface area contributed by atoms with Crippen LogP contribution >= 0.6 is 0 Å². The first-order valence-corrected chi connectivity index (χ1v) is 18.0. The zero-order valence-electron chi connectivity index (χ0n) is 25.9. The van der Waals surface area contributed by atoms with Gasteiger partial charge in [0.05, 0.1) is 28.8 Å². The average molecular weight is 617 g/mol. The summed E-state index contributed by atoms with van der Waals surface area (Å²) in [4.78, 5) is 15.1. The first-order valence-electron chi connectivity index (χ1n) is 16.1. The summed E-state index contributed by atoms with van der Waals surface area (Å²) in [6, 6.07) is 43.5. The van der Waals surface area contributed by atoms with E-state index in [1.165, 1.54) is 5.56 Å². The van der Waals surface area contributed by atoms with Gasteiger partial charge >= 0.3 is 8.56 Å². The van der Waals surface area contributed by atoms with Crippen LogP contribution < -0.4 is 13.7 Å². The number of anilines is 4. The molecule has 7 heteroatoms. The molecule has 3 atom stereocenters. The molecule has 0 radical (unpaired) electrons. The lowest BCUT2D eigenvalue weighted by molar-refractivity contribution is 0.734. The Kier molecular flexibility index (Phi) is 7.31. The molecular formula is C39H36N6Si. The molecule has 6 nitrogen and oxygen atoms in total. The summed E-state index contributed by atoms with van der Waals surface area (Å²) in [5.74, 6) is 1.32. The third kappa shape index (κ3) is 4.58. The van der Waals surface area contributed by atoms with Gasteiger partial charge in [-0.3, -0.25) is 0 Å². The molecular weight excluding hydrogens is 581 g/mol. The van der Waals surface area contributed by atoms with Crippen molar-refractivity contribution in [2.45, 2.75) is 31.7 Å². The van der Waals surface area contributed by atoms with Crippen LogP contribution in [0.1, 0.15) is 36.6 Å². The van der Waals surface area contributed by atoms with Gasteiger partial charge in [0.2, 0.25) is 0 Å². The number of hydrogen-bond acceptors (Lipinski definition) is 6. The Labute approximate surface area is 272 Å². The number of para-hydroxylation sites is 3. The summed E-state index contributed by atoms with van der Waals surface area (Å²) in [5, 5.41) is 0. The number of hydrogen-bond donors (Lipinski definition) is 0. The van der Waals surface area contributed by atoms with Gasteiger partial charge in [0, 0.05) is 23.3 Å². The van der Waals surface area contributed by atoms with Crippen LogP contribution in [0.5, 0.6) is 0 Å². The van der Waals surface area contributed by atoms with Crippen LogP contribution in [0.25, 0.3) is 0 Å². The predicted octanol–water partition coefficient (Wildman–Crippen LogP) is 8.69. The van der Waals surface area contributed by atoms with Crippen LogP contribution in [-0.2, 0) is 6.42 Å². The van der Waals surface area contributed by atoms with Gasteiger partial charge in [-0.25, -0.2) is 15.0 Å². The number of aromatic nitrogens is 2. The topological polar surface area (TPSA) is 47.9 Å². The van der Waals surface area contributed by atoms with Gasteiger partial charge in [-0.1, -0.05) is 104 Å². The third-order valence-electron chi connectivity index (χ3n) is 9.29. The number of aryl methyl sites for hydroxylation is 1. The Bertz CT molecular complexity index is 1910. The molecule has 0 amide bonds. The van der Waals surface area contributed by atoms with Gasteiger partial charge in [-0.2, -0.15) is 0 Å². The molecule has 1 spiro atoms. The van der Waals surface area contributed by atoms with E-state index in [4.69, 9.17) is 9.98 Å². The van der Waals surface area contributed by atoms with Crippen molar-refractivity contribution in [1.29, 1.82) is 0 Å². The predicted molar refractivity (Wildman–Crippen MR) is 190 cm³/mol. The first kappa shape index (κ1) is 28.2. The Balaban J connectivity index is 1.49. The minimum Gasteiger partial charge on any atom is -0.330 e. The van der Waals surface area contributed by atoms with Crippen LogP contribution in [0.15, 0.2) is 163 Å². The Morgan fingerprint density at radius 1 is 0.717 bits per heavy atom. The summed E-state index contributed by atoms with van der Waals surface area (Å²) in [6.07, 6.45) is 13.2. The standard InChI is InChI=1S/C39H36N6Si/c1-30-15-14-26-41-39-35(27-30)43(32-18-8-3-9-19-32)46(45(39)34-22-12-5-13-23-34)37(25-24-31-16-6-2-7-17-31)38-36(28-40-29-42-38)44(46)33-20-10-4-11-21-33/h2-14,16-23,26-30,37H,15,24-25H2,1H3. The molecule has 4 aromatic carbocycles. The van der Waals surface area contributed by atoms with E-state index >= 15 is 0 Å². The molecule has 1 aromatic heterocycles. The van der Waals surface area contributed by atoms with Gasteiger partial charge in [0.1, 0.15) is 6.33 Å². The van der Waals surface area contributed by atoms with E-state index in [0.717, 1.165) is 59.2 Å². The maximum atomic E-state index is 5.30. The van der Waals surface area contributed by atoms with Gasteiger partial charge in [0.25, 0.3) is 0 Å². The van der Waals surface area contributed by atoms with E-state index in [9.17, 15) is 0 Å². The zero-order valence-corrected chi connectivity index (χ0v) is 26.9. The third-order valence-corrected chi connectivity index (χ3v) is 14.2. The van der Waals surface area contributed by atoms with Crippen molar-refractivity contribution in [3.63, 3.8) is 0 Å². The quantitative estimate of drug-likeness (QED) is 0.179. The van der Waals surface area contributed by atoms with Crippen molar-refractivity contribution >= 4 is 37.1 Å². The van der Waals surface area contributed by atoms with Gasteiger partial charge in [-0.05, 0) is 67.1 Å². The summed E-state index contributed by atoms with van der Waals surface area (Å²) in [7, 11) is -3.21. The minimum atomic E-state index is -3.21. The lowest BCUT2D eigenvalue weighted by atomic mass is 10.0. The van der Waals surface area contributed by atoms with Crippen molar-refractivity contribution in [2.75, 3.05) is 13.7 Å². The van der Waals surface area contributed by atoms with Crippen LogP contribution in [0, 0.1) is 5.92 Å². The Hall–Kier alpha value is -5.27. The minimum absolute atomic E-state index is 0.0717. The average Bonchev–Trinajstić information content (AvgIpc) is 3.54. The second kappa shape index (κ2) is 11.9. The number of amidine groups is 1. The number of benzene rings is 4. The number of allylic oxidation sites excluding steroid dienone is 2. The molecule has 0 saturated carbocycles. The maximum Gasteiger partial charge on any atom is 0.404 e. The molecule has 3 aliphatic heterocycles. The Morgan fingerprint density at radius 3 is 1.96 bits per heavy atom. The summed E-state index contributed by atoms with van der Waals surface area (Å²) < 4.78 is 7.90. The fraction of sp³-hybridized carbons (Fsp3) is 0.154. The second-order valence-electron chi connectivity index (χ2n) is 12.2. The molecule has 3 unspecified atom stereocenters. The zero-order chi connectivity index (χ0) is 30.9. The molecule has 1 saturated heterocycles. The van der Waals surface area contributed by atoms with Crippen LogP contribution in [0.2, 0.25) is 0 Å². The first-order chi connectivity index (χ1) is 22.8. The molecule has 46 heavy (non-hydrogen) atoms. The SMILES string of the molecule is CC1C=C2C(=NC=CC1)N(c1ccccc1)[Si]1(C(CCc3ccccc3)c3ncncc3N1c1ccccc1)N2c1ccccc1. The van der Waals surface area contributed by atoms with E-state index in [0.29, 0.717) is 5.92 Å². The fourth-order valence-corrected chi connectivity index (χ4v) is 13.2. The molecule has 1 fully saturated rings. The van der Waals surface area contributed by atoms with E-state index in [1.807, 2.05) is 12.4 Å². The van der Waals surface area contributed by atoms with E-state index in [2.05, 4.69) is 159 Å². The van der Waals surface area contributed by atoms with Crippen molar-refractivity contribution in [3.05, 3.63) is 169 Å². The maximum absolute atomic E-state index is 5.30. The molecule has 8 rings (SSSR count). The highest BCUT2D eigenvalue weighted by atomic mass is 28.4. The van der Waals surface area contributed by atoms with Crippen molar-refractivity contribution in [3.8, 4) is 0 Å². The number of fused-ring (bicyclic) bond motifs is 2. The van der Waals surface area contributed by atoms with Crippen LogP contribution in [0.4, 0.5) is 22.7 Å². The smallest absolute Gasteiger partial charge is 0.330 e. The largest absolute Gasteiger partial charge is 0.404 e. The van der Waals surface area contributed by atoms with E-state index in [1.54, 1.807) is 6.33 Å². The monoisotopic (exact) mass is 616 g/mol. The van der Waals surface area contributed by atoms with Crippen LogP contribution in [0.3, 0.4) is 0 Å². The number of rotatable bonds is 6. The normalized spacial score (nSPS) is 21.8. The molecule has 4 heterocycles. The Morgan fingerprint density at radius 2 is 1.30 bits per heavy atom.